The molecule has 3 amide bonds. The van der Waals surface area contributed by atoms with Gasteiger partial charge in [0, 0.05) is 12.5 Å². The highest BCUT2D eigenvalue weighted by Gasteiger charge is 2.20. The first-order chi connectivity index (χ1) is 7.86. The fourth-order valence-electron chi connectivity index (χ4n) is 1.07. The average Bonchev–Trinajstić information content (AvgIpc) is 2.23. The van der Waals surface area contributed by atoms with E-state index in [2.05, 4.69) is 10.6 Å². The second-order valence-corrected chi connectivity index (χ2v) is 3.82. The van der Waals surface area contributed by atoms with Crippen LogP contribution in [0, 0.1) is 0 Å². The first-order valence-corrected chi connectivity index (χ1v) is 5.45. The van der Waals surface area contributed by atoms with E-state index in [0.29, 0.717) is 0 Å². The van der Waals surface area contributed by atoms with E-state index >= 15 is 0 Å². The molecule has 0 fully saturated rings. The average molecular weight is 245 g/mol. The van der Waals surface area contributed by atoms with Gasteiger partial charge in [-0.1, -0.05) is 6.92 Å². The molecule has 0 heterocycles. The molecule has 0 bridgehead atoms. The molecule has 0 aromatic carbocycles. The van der Waals surface area contributed by atoms with Gasteiger partial charge in [-0.15, -0.1) is 0 Å². The number of hydrogen-bond donors (Lipinski definition) is 4. The van der Waals surface area contributed by atoms with Crippen LogP contribution in [0.4, 0.5) is 4.79 Å². The number of nitrogens with one attached hydrogen (secondary N) is 2. The Morgan fingerprint density at radius 1 is 1.29 bits per heavy atom. The molecular formula is C10H19N3O4. The minimum atomic E-state index is -1.19. The summed E-state index contributed by atoms with van der Waals surface area (Å²) in [4.78, 5) is 32.7. The van der Waals surface area contributed by atoms with Gasteiger partial charge in [0.15, 0.2) is 0 Å². The third-order valence-corrected chi connectivity index (χ3v) is 2.27. The third-order valence-electron chi connectivity index (χ3n) is 2.27. The van der Waals surface area contributed by atoms with Crippen LogP contribution in [0.3, 0.4) is 0 Å². The highest BCUT2D eigenvalue weighted by atomic mass is 16.4. The number of nitrogens with two attached hydrogens (primary N) is 1. The van der Waals surface area contributed by atoms with Gasteiger partial charge in [-0.05, 0) is 19.8 Å². The Kier molecular flexibility index (Phi) is 6.69. The number of carboxylic acids is 1. The van der Waals surface area contributed by atoms with Crippen molar-refractivity contribution in [2.75, 3.05) is 0 Å². The SMILES string of the molecule is CCC(C)NC(=O)N[C@H](CCC(N)=O)C(=O)O. The van der Waals surface area contributed by atoms with Crippen LogP contribution in [0.15, 0.2) is 0 Å². The summed E-state index contributed by atoms with van der Waals surface area (Å²) in [6.45, 7) is 3.70. The molecule has 98 valence electrons. The summed E-state index contributed by atoms with van der Waals surface area (Å²) in [6, 6.07) is -1.71. The number of urea groups is 1. The fourth-order valence-corrected chi connectivity index (χ4v) is 1.07. The Morgan fingerprint density at radius 3 is 2.29 bits per heavy atom. The fraction of sp³-hybridized carbons (Fsp3) is 0.700. The van der Waals surface area contributed by atoms with Crippen molar-refractivity contribution in [3.05, 3.63) is 0 Å². The maximum absolute atomic E-state index is 11.4. The summed E-state index contributed by atoms with van der Waals surface area (Å²) in [5, 5.41) is 13.7. The minimum absolute atomic E-state index is 0.0153. The van der Waals surface area contributed by atoms with E-state index in [0.717, 1.165) is 6.42 Å². The van der Waals surface area contributed by atoms with Crippen molar-refractivity contribution < 1.29 is 19.5 Å². The van der Waals surface area contributed by atoms with Crippen LogP contribution in [-0.2, 0) is 9.59 Å². The molecule has 0 saturated carbocycles. The Morgan fingerprint density at radius 2 is 1.88 bits per heavy atom. The van der Waals surface area contributed by atoms with E-state index < -0.39 is 23.9 Å². The van der Waals surface area contributed by atoms with Crippen molar-refractivity contribution in [2.24, 2.45) is 5.73 Å². The predicted molar refractivity (Wildman–Crippen MR) is 61.3 cm³/mol. The molecule has 7 nitrogen and oxygen atoms in total. The van der Waals surface area contributed by atoms with E-state index in [-0.39, 0.29) is 18.9 Å². The summed E-state index contributed by atoms with van der Waals surface area (Å²) in [6.07, 6.45) is 0.644. The van der Waals surface area contributed by atoms with Crippen molar-refractivity contribution in [1.29, 1.82) is 0 Å². The second kappa shape index (κ2) is 7.48. The van der Waals surface area contributed by atoms with Crippen molar-refractivity contribution in [3.63, 3.8) is 0 Å². The number of rotatable bonds is 7. The Balaban J connectivity index is 4.20. The highest BCUT2D eigenvalue weighted by molar-refractivity contribution is 5.83. The number of amides is 3. The first-order valence-electron chi connectivity index (χ1n) is 5.45. The molecule has 0 radical (unpaired) electrons. The van der Waals surface area contributed by atoms with Gasteiger partial charge in [-0.2, -0.15) is 0 Å². The molecule has 2 atom stereocenters. The van der Waals surface area contributed by atoms with Crippen LogP contribution >= 0.6 is 0 Å². The van der Waals surface area contributed by atoms with Crippen LogP contribution in [0.1, 0.15) is 33.1 Å². The standard InChI is InChI=1S/C10H19N3O4/c1-3-6(2)12-10(17)13-7(9(15)16)4-5-8(11)14/h6-7H,3-5H2,1-2H3,(H2,11,14)(H,15,16)(H2,12,13,17)/t6?,7-/m1/s1. The van der Waals surface area contributed by atoms with Gasteiger partial charge in [-0.25, -0.2) is 9.59 Å². The molecule has 0 saturated heterocycles. The summed E-state index contributed by atoms with van der Waals surface area (Å²) in [5.41, 5.74) is 4.91. The molecule has 0 aliphatic carbocycles. The summed E-state index contributed by atoms with van der Waals surface area (Å²) >= 11 is 0. The molecule has 17 heavy (non-hydrogen) atoms. The zero-order chi connectivity index (χ0) is 13.4. The first kappa shape index (κ1) is 15.2. The zero-order valence-electron chi connectivity index (χ0n) is 10.0. The van der Waals surface area contributed by atoms with Gasteiger partial charge in [0.25, 0.3) is 0 Å². The number of carboxylic acid groups (broad SMARTS) is 1. The Labute approximate surface area is 99.7 Å². The minimum Gasteiger partial charge on any atom is -0.480 e. The lowest BCUT2D eigenvalue weighted by molar-refractivity contribution is -0.139. The summed E-state index contributed by atoms with van der Waals surface area (Å²) < 4.78 is 0. The topological polar surface area (TPSA) is 122 Å². The van der Waals surface area contributed by atoms with Crippen LogP contribution in [-0.4, -0.2) is 35.1 Å². The van der Waals surface area contributed by atoms with Crippen LogP contribution < -0.4 is 16.4 Å². The van der Waals surface area contributed by atoms with Gasteiger partial charge in [0.05, 0.1) is 0 Å². The number of carbonyl (C=O) groups is 3. The molecule has 0 aliphatic rings. The van der Waals surface area contributed by atoms with Crippen LogP contribution in [0.5, 0.6) is 0 Å². The van der Waals surface area contributed by atoms with E-state index in [9.17, 15) is 14.4 Å². The molecule has 0 aromatic heterocycles. The van der Waals surface area contributed by atoms with E-state index in [4.69, 9.17) is 10.8 Å². The smallest absolute Gasteiger partial charge is 0.326 e. The largest absolute Gasteiger partial charge is 0.480 e. The van der Waals surface area contributed by atoms with Crippen LogP contribution in [0.25, 0.3) is 0 Å². The second-order valence-electron chi connectivity index (χ2n) is 3.82. The molecule has 0 spiro atoms. The van der Waals surface area contributed by atoms with E-state index in [1.54, 1.807) is 6.92 Å². The normalized spacial score (nSPS) is 13.5. The molecule has 0 rings (SSSR count). The molecule has 0 aromatic rings. The number of primary amides is 1. The summed E-state index contributed by atoms with van der Waals surface area (Å²) in [5.74, 6) is -1.79. The monoisotopic (exact) mass is 245 g/mol. The zero-order valence-corrected chi connectivity index (χ0v) is 10.0. The quantitative estimate of drug-likeness (QED) is 0.496. The molecule has 1 unspecified atom stereocenters. The maximum atomic E-state index is 11.4. The van der Waals surface area contributed by atoms with Crippen LogP contribution in [0.2, 0.25) is 0 Å². The molecular weight excluding hydrogens is 226 g/mol. The summed E-state index contributed by atoms with van der Waals surface area (Å²) in [7, 11) is 0. The Hall–Kier alpha value is -1.79. The van der Waals surface area contributed by atoms with Crippen molar-refractivity contribution in [1.82, 2.24) is 10.6 Å². The maximum Gasteiger partial charge on any atom is 0.326 e. The number of hydrogen-bond acceptors (Lipinski definition) is 3. The van der Waals surface area contributed by atoms with Crippen molar-refractivity contribution in [3.8, 4) is 0 Å². The lowest BCUT2D eigenvalue weighted by Crippen LogP contribution is -2.48. The van der Waals surface area contributed by atoms with E-state index in [1.807, 2.05) is 6.92 Å². The van der Waals surface area contributed by atoms with Gasteiger partial charge in [0.1, 0.15) is 6.04 Å². The van der Waals surface area contributed by atoms with Gasteiger partial charge >= 0.3 is 12.0 Å². The molecule has 5 N–H and O–H groups in total. The molecule has 7 heteroatoms. The Bertz CT molecular complexity index is 293. The van der Waals surface area contributed by atoms with Gasteiger partial charge < -0.3 is 21.5 Å². The van der Waals surface area contributed by atoms with E-state index in [1.165, 1.54) is 0 Å². The third kappa shape index (κ3) is 7.15. The predicted octanol–water partition coefficient (Wildman–Crippen LogP) is -0.197. The van der Waals surface area contributed by atoms with Gasteiger partial charge in [0.2, 0.25) is 5.91 Å². The van der Waals surface area contributed by atoms with Crippen molar-refractivity contribution in [2.45, 2.75) is 45.2 Å². The number of aliphatic carboxylic acids is 1. The lowest BCUT2D eigenvalue weighted by atomic mass is 10.1. The highest BCUT2D eigenvalue weighted by Crippen LogP contribution is 1.97. The molecule has 0 aliphatic heterocycles. The van der Waals surface area contributed by atoms with Crippen molar-refractivity contribution >= 4 is 17.9 Å². The number of carbonyl (C=O) groups excluding carboxylic acids is 2. The van der Waals surface area contributed by atoms with Gasteiger partial charge in [-0.3, -0.25) is 4.79 Å². The lowest BCUT2D eigenvalue weighted by Gasteiger charge is -2.17.